The van der Waals surface area contributed by atoms with Gasteiger partial charge in [0.1, 0.15) is 0 Å². The molecule has 0 heterocycles. The molecule has 6 heteroatoms. The lowest BCUT2D eigenvalue weighted by atomic mass is 10.0. The quantitative estimate of drug-likeness (QED) is 0.348. The zero-order valence-corrected chi connectivity index (χ0v) is 16.3. The molecule has 0 radical (unpaired) electrons. The maximum Gasteiger partial charge on any atom is 0.335 e. The molecule has 0 fully saturated rings. The molecule has 2 aromatic carbocycles. The minimum absolute atomic E-state index is 0.128. The standard InChI is InChI=1S/C20H25O5P/c1-4-23-20(21)18(15-26(22,24-5-2)25-6-3)14-17-12-9-11-16-10-7-8-13-19(16)17/h7-14H,4-6,15H2,1-3H3/b18-14+. The van der Waals surface area contributed by atoms with E-state index in [1.807, 2.05) is 42.5 Å². The number of esters is 1. The van der Waals surface area contributed by atoms with Crippen LogP contribution in [0.3, 0.4) is 0 Å². The van der Waals surface area contributed by atoms with Crippen molar-refractivity contribution in [3.8, 4) is 0 Å². The van der Waals surface area contributed by atoms with E-state index in [4.69, 9.17) is 13.8 Å². The fourth-order valence-corrected chi connectivity index (χ4v) is 4.37. The Morgan fingerprint density at radius 3 is 2.27 bits per heavy atom. The van der Waals surface area contributed by atoms with E-state index in [2.05, 4.69) is 0 Å². The van der Waals surface area contributed by atoms with Crippen LogP contribution in [-0.4, -0.2) is 32.0 Å². The second-order valence-electron chi connectivity index (χ2n) is 5.56. The minimum atomic E-state index is -3.42. The number of fused-ring (bicyclic) bond motifs is 1. The number of benzene rings is 2. The second-order valence-corrected chi connectivity index (χ2v) is 7.62. The van der Waals surface area contributed by atoms with E-state index in [0.717, 1.165) is 16.3 Å². The van der Waals surface area contributed by atoms with Gasteiger partial charge in [-0.1, -0.05) is 42.5 Å². The van der Waals surface area contributed by atoms with Gasteiger partial charge in [-0.25, -0.2) is 4.79 Å². The number of rotatable bonds is 9. The number of hydrogen-bond acceptors (Lipinski definition) is 5. The molecule has 0 saturated carbocycles. The van der Waals surface area contributed by atoms with E-state index in [1.54, 1.807) is 26.8 Å². The highest BCUT2D eigenvalue weighted by Gasteiger charge is 2.29. The first kappa shape index (κ1) is 20.4. The summed E-state index contributed by atoms with van der Waals surface area (Å²) in [6.07, 6.45) is 1.59. The first-order chi connectivity index (χ1) is 12.5. The molecule has 0 spiro atoms. The minimum Gasteiger partial charge on any atom is -0.463 e. The Bertz CT molecular complexity index is 813. The van der Waals surface area contributed by atoms with Crippen LogP contribution in [0.2, 0.25) is 0 Å². The Morgan fingerprint density at radius 1 is 0.962 bits per heavy atom. The first-order valence-electron chi connectivity index (χ1n) is 8.76. The van der Waals surface area contributed by atoms with Crippen LogP contribution in [0.25, 0.3) is 16.8 Å². The Labute approximate surface area is 154 Å². The maximum atomic E-state index is 12.9. The van der Waals surface area contributed by atoms with E-state index in [-0.39, 0.29) is 31.6 Å². The summed E-state index contributed by atoms with van der Waals surface area (Å²) in [7, 11) is -3.42. The fraction of sp³-hybridized carbons (Fsp3) is 0.350. The first-order valence-corrected chi connectivity index (χ1v) is 10.5. The van der Waals surface area contributed by atoms with Gasteiger partial charge in [-0.05, 0) is 43.2 Å². The highest BCUT2D eigenvalue weighted by atomic mass is 31.2. The van der Waals surface area contributed by atoms with Crippen molar-refractivity contribution in [3.63, 3.8) is 0 Å². The van der Waals surface area contributed by atoms with E-state index >= 15 is 0 Å². The smallest absolute Gasteiger partial charge is 0.335 e. The molecule has 0 N–H and O–H groups in total. The van der Waals surface area contributed by atoms with Crippen LogP contribution >= 0.6 is 7.60 Å². The molecule has 26 heavy (non-hydrogen) atoms. The molecule has 0 atom stereocenters. The predicted molar refractivity (Wildman–Crippen MR) is 104 cm³/mol. The van der Waals surface area contributed by atoms with Gasteiger partial charge >= 0.3 is 13.6 Å². The van der Waals surface area contributed by atoms with Gasteiger partial charge in [0.15, 0.2) is 0 Å². The number of carbonyl (C=O) groups is 1. The molecular formula is C20H25O5P. The number of hydrogen-bond donors (Lipinski definition) is 0. The topological polar surface area (TPSA) is 61.8 Å². The van der Waals surface area contributed by atoms with E-state index in [9.17, 15) is 9.36 Å². The molecule has 0 amide bonds. The van der Waals surface area contributed by atoms with Crippen LogP contribution in [0, 0.1) is 0 Å². The molecule has 5 nitrogen and oxygen atoms in total. The zero-order chi connectivity index (χ0) is 19.0. The highest BCUT2D eigenvalue weighted by molar-refractivity contribution is 7.54. The number of carbonyl (C=O) groups excluding carboxylic acids is 1. The average molecular weight is 376 g/mol. The van der Waals surface area contributed by atoms with Gasteiger partial charge in [0.05, 0.1) is 26.0 Å². The van der Waals surface area contributed by atoms with Gasteiger partial charge < -0.3 is 13.8 Å². The van der Waals surface area contributed by atoms with Crippen molar-refractivity contribution in [2.75, 3.05) is 26.0 Å². The SMILES string of the molecule is CCOC(=O)/C(=C/c1cccc2ccccc12)CP(=O)(OCC)OCC. The van der Waals surface area contributed by atoms with Crippen molar-refractivity contribution >= 4 is 30.4 Å². The molecular weight excluding hydrogens is 351 g/mol. The van der Waals surface area contributed by atoms with Gasteiger partial charge in [0.2, 0.25) is 0 Å². The normalized spacial score (nSPS) is 12.3. The molecule has 0 bridgehead atoms. The van der Waals surface area contributed by atoms with Gasteiger partial charge in [-0.15, -0.1) is 0 Å². The van der Waals surface area contributed by atoms with Crippen LogP contribution < -0.4 is 0 Å². The largest absolute Gasteiger partial charge is 0.463 e. The Morgan fingerprint density at radius 2 is 1.62 bits per heavy atom. The molecule has 0 aromatic heterocycles. The molecule has 2 rings (SSSR count). The summed E-state index contributed by atoms with van der Waals surface area (Å²) in [6.45, 7) is 5.93. The van der Waals surface area contributed by atoms with Crippen molar-refractivity contribution in [2.24, 2.45) is 0 Å². The lowest BCUT2D eigenvalue weighted by Gasteiger charge is -2.18. The summed E-state index contributed by atoms with van der Waals surface area (Å²) in [5.41, 5.74) is 1.12. The van der Waals surface area contributed by atoms with Gasteiger partial charge in [0.25, 0.3) is 0 Å². The van der Waals surface area contributed by atoms with Crippen LogP contribution in [0.15, 0.2) is 48.0 Å². The van der Waals surface area contributed by atoms with Gasteiger partial charge in [-0.2, -0.15) is 0 Å². The van der Waals surface area contributed by atoms with Crippen LogP contribution in [-0.2, 0) is 23.1 Å². The Hall–Kier alpha value is -1.94. The zero-order valence-electron chi connectivity index (χ0n) is 15.4. The van der Waals surface area contributed by atoms with Crippen molar-refractivity contribution in [3.05, 3.63) is 53.6 Å². The molecule has 0 aliphatic heterocycles. The third kappa shape index (κ3) is 5.28. The van der Waals surface area contributed by atoms with Crippen LogP contribution in [0.5, 0.6) is 0 Å². The van der Waals surface area contributed by atoms with Gasteiger partial charge in [0, 0.05) is 5.57 Å². The number of ether oxygens (including phenoxy) is 1. The molecule has 140 valence electrons. The van der Waals surface area contributed by atoms with Gasteiger partial charge in [-0.3, -0.25) is 4.57 Å². The third-order valence-electron chi connectivity index (χ3n) is 3.71. The summed E-state index contributed by atoms with van der Waals surface area (Å²) < 4.78 is 28.7. The van der Waals surface area contributed by atoms with E-state index in [1.165, 1.54) is 0 Å². The third-order valence-corrected chi connectivity index (χ3v) is 5.74. The van der Waals surface area contributed by atoms with Crippen LogP contribution in [0.1, 0.15) is 26.3 Å². The summed E-state index contributed by atoms with van der Waals surface area (Å²) in [5, 5.41) is 2.06. The van der Waals surface area contributed by atoms with Crippen LogP contribution in [0.4, 0.5) is 0 Å². The molecule has 0 saturated heterocycles. The van der Waals surface area contributed by atoms with Crippen molar-refractivity contribution < 1.29 is 23.1 Å². The van der Waals surface area contributed by atoms with E-state index < -0.39 is 13.6 Å². The Balaban J connectivity index is 2.48. The summed E-state index contributed by atoms with van der Waals surface area (Å²) in [6, 6.07) is 13.7. The lowest BCUT2D eigenvalue weighted by molar-refractivity contribution is -0.138. The molecule has 0 aliphatic rings. The summed E-state index contributed by atoms with van der Waals surface area (Å²) in [4.78, 5) is 12.4. The van der Waals surface area contributed by atoms with Crippen molar-refractivity contribution in [1.29, 1.82) is 0 Å². The fourth-order valence-electron chi connectivity index (χ4n) is 2.69. The monoisotopic (exact) mass is 376 g/mol. The summed E-state index contributed by atoms with van der Waals surface area (Å²) in [5.74, 6) is -0.514. The second kappa shape index (κ2) is 9.67. The summed E-state index contributed by atoms with van der Waals surface area (Å²) >= 11 is 0. The Kier molecular flexibility index (Phi) is 7.58. The highest BCUT2D eigenvalue weighted by Crippen LogP contribution is 2.49. The molecule has 0 aliphatic carbocycles. The lowest BCUT2D eigenvalue weighted by Crippen LogP contribution is -2.13. The average Bonchev–Trinajstić information content (AvgIpc) is 2.62. The van der Waals surface area contributed by atoms with Crippen molar-refractivity contribution in [2.45, 2.75) is 20.8 Å². The van der Waals surface area contributed by atoms with E-state index in [0.29, 0.717) is 0 Å². The maximum absolute atomic E-state index is 12.9. The molecule has 0 unspecified atom stereocenters. The molecule has 2 aromatic rings. The predicted octanol–water partition coefficient (Wildman–Crippen LogP) is 5.05. The van der Waals surface area contributed by atoms with Crippen molar-refractivity contribution in [1.82, 2.24) is 0 Å².